The van der Waals surface area contributed by atoms with Crippen LogP contribution in [0.1, 0.15) is 24.2 Å². The van der Waals surface area contributed by atoms with Crippen molar-refractivity contribution in [2.24, 2.45) is 0 Å². The molecule has 26 heavy (non-hydrogen) atoms. The molecule has 1 aliphatic rings. The predicted octanol–water partition coefficient (Wildman–Crippen LogP) is 2.32. The predicted molar refractivity (Wildman–Crippen MR) is 104 cm³/mol. The fraction of sp³-hybridized carbons (Fsp3) is 0.421. The van der Waals surface area contributed by atoms with Gasteiger partial charge in [0.1, 0.15) is 5.82 Å². The van der Waals surface area contributed by atoms with Crippen LogP contribution >= 0.6 is 11.8 Å². The van der Waals surface area contributed by atoms with Crippen molar-refractivity contribution in [1.29, 1.82) is 0 Å². The zero-order valence-electron chi connectivity index (χ0n) is 14.9. The summed E-state index contributed by atoms with van der Waals surface area (Å²) < 4.78 is 2.14. The van der Waals surface area contributed by atoms with Crippen molar-refractivity contribution in [3.63, 3.8) is 0 Å². The Kier molecular flexibility index (Phi) is 6.85. The zero-order chi connectivity index (χ0) is 18.2. The van der Waals surface area contributed by atoms with Crippen LogP contribution in [0.15, 0.2) is 48.1 Å². The van der Waals surface area contributed by atoms with Crippen LogP contribution in [0, 0.1) is 0 Å². The topological polar surface area (TPSA) is 63.1 Å². The molecule has 2 heterocycles. The standard InChI is InChI=1S/C19H25N5OS/c1-2-10-20-18(25)15-26-19-22-21-17(14-23-11-6-7-12-23)24(19)13-16-8-4-3-5-9-16/h2-5,8-9H,1,6-7,10-15H2,(H,20,25). The summed E-state index contributed by atoms with van der Waals surface area (Å²) >= 11 is 1.43. The van der Waals surface area contributed by atoms with Crippen LogP contribution < -0.4 is 5.32 Å². The lowest BCUT2D eigenvalue weighted by Gasteiger charge is -2.16. The van der Waals surface area contributed by atoms with E-state index in [0.717, 1.165) is 30.6 Å². The molecule has 1 aliphatic heterocycles. The molecule has 1 aromatic carbocycles. The van der Waals surface area contributed by atoms with Crippen LogP contribution in [0.25, 0.3) is 0 Å². The fourth-order valence-corrected chi connectivity index (χ4v) is 3.76. The smallest absolute Gasteiger partial charge is 0.230 e. The molecule has 0 unspecified atom stereocenters. The number of amides is 1. The minimum absolute atomic E-state index is 0.0229. The Bertz CT molecular complexity index is 725. The Morgan fingerprint density at radius 3 is 2.69 bits per heavy atom. The average Bonchev–Trinajstić information content (AvgIpc) is 3.30. The summed E-state index contributed by atoms with van der Waals surface area (Å²) in [4.78, 5) is 14.3. The second-order valence-corrected chi connectivity index (χ2v) is 7.28. The third-order valence-corrected chi connectivity index (χ3v) is 5.28. The third kappa shape index (κ3) is 5.19. The van der Waals surface area contributed by atoms with Gasteiger partial charge in [-0.1, -0.05) is 48.2 Å². The van der Waals surface area contributed by atoms with Gasteiger partial charge >= 0.3 is 0 Å². The molecule has 0 bridgehead atoms. The molecule has 1 amide bonds. The summed E-state index contributed by atoms with van der Waals surface area (Å²) in [6.45, 7) is 7.85. The molecule has 0 aliphatic carbocycles. The molecular formula is C19H25N5OS. The summed E-state index contributed by atoms with van der Waals surface area (Å²) in [5, 5.41) is 12.4. The van der Waals surface area contributed by atoms with Gasteiger partial charge in [0.2, 0.25) is 5.91 Å². The number of nitrogens with one attached hydrogen (secondary N) is 1. The Morgan fingerprint density at radius 1 is 1.19 bits per heavy atom. The summed E-state index contributed by atoms with van der Waals surface area (Å²) in [6.07, 6.45) is 4.17. The highest BCUT2D eigenvalue weighted by Crippen LogP contribution is 2.20. The third-order valence-electron chi connectivity index (χ3n) is 4.32. The second-order valence-electron chi connectivity index (χ2n) is 6.34. The fourth-order valence-electron chi connectivity index (χ4n) is 2.98. The molecule has 1 aromatic heterocycles. The molecule has 3 rings (SSSR count). The number of hydrogen-bond donors (Lipinski definition) is 1. The van der Waals surface area contributed by atoms with E-state index in [2.05, 4.69) is 43.7 Å². The van der Waals surface area contributed by atoms with Gasteiger partial charge in [0.15, 0.2) is 5.16 Å². The number of nitrogens with zero attached hydrogens (tertiary/aromatic N) is 4. The van der Waals surface area contributed by atoms with Crippen LogP contribution in [0.3, 0.4) is 0 Å². The number of likely N-dealkylation sites (tertiary alicyclic amines) is 1. The number of benzene rings is 1. The molecule has 1 N–H and O–H groups in total. The van der Waals surface area contributed by atoms with Gasteiger partial charge in [-0.25, -0.2) is 0 Å². The molecular weight excluding hydrogens is 346 g/mol. The molecule has 2 aromatic rings. The summed E-state index contributed by atoms with van der Waals surface area (Å²) in [7, 11) is 0. The van der Waals surface area contributed by atoms with Crippen LogP contribution in [0.4, 0.5) is 0 Å². The van der Waals surface area contributed by atoms with Gasteiger partial charge in [-0.05, 0) is 31.5 Å². The van der Waals surface area contributed by atoms with Gasteiger partial charge in [-0.3, -0.25) is 9.69 Å². The molecule has 1 fully saturated rings. The Balaban J connectivity index is 1.73. The van der Waals surface area contributed by atoms with E-state index in [1.165, 1.54) is 30.2 Å². The van der Waals surface area contributed by atoms with E-state index in [-0.39, 0.29) is 5.91 Å². The van der Waals surface area contributed by atoms with E-state index < -0.39 is 0 Å². The maximum absolute atomic E-state index is 11.9. The van der Waals surface area contributed by atoms with E-state index in [4.69, 9.17) is 0 Å². The second kappa shape index (κ2) is 9.54. The van der Waals surface area contributed by atoms with E-state index in [9.17, 15) is 4.79 Å². The molecule has 0 atom stereocenters. The summed E-state index contributed by atoms with van der Waals surface area (Å²) in [6, 6.07) is 10.3. The highest BCUT2D eigenvalue weighted by Gasteiger charge is 2.19. The van der Waals surface area contributed by atoms with Crippen molar-refractivity contribution in [1.82, 2.24) is 25.0 Å². The maximum atomic E-state index is 11.9. The van der Waals surface area contributed by atoms with Crippen LogP contribution in [-0.2, 0) is 17.9 Å². The van der Waals surface area contributed by atoms with Crippen molar-refractivity contribution < 1.29 is 4.79 Å². The number of rotatable bonds is 9. The lowest BCUT2D eigenvalue weighted by molar-refractivity contribution is -0.118. The van der Waals surface area contributed by atoms with Crippen molar-refractivity contribution in [2.75, 3.05) is 25.4 Å². The Morgan fingerprint density at radius 2 is 1.96 bits per heavy atom. The van der Waals surface area contributed by atoms with Crippen LogP contribution in [0.2, 0.25) is 0 Å². The Labute approximate surface area is 158 Å². The number of aromatic nitrogens is 3. The first-order valence-electron chi connectivity index (χ1n) is 8.95. The number of thioether (sulfide) groups is 1. The van der Waals surface area contributed by atoms with Crippen molar-refractivity contribution in [3.8, 4) is 0 Å². The van der Waals surface area contributed by atoms with Crippen molar-refractivity contribution in [2.45, 2.75) is 31.1 Å². The highest BCUT2D eigenvalue weighted by atomic mass is 32.2. The summed E-state index contributed by atoms with van der Waals surface area (Å²) in [5.41, 5.74) is 1.20. The van der Waals surface area contributed by atoms with Gasteiger partial charge in [-0.15, -0.1) is 16.8 Å². The molecule has 0 spiro atoms. The molecule has 0 radical (unpaired) electrons. The number of carbonyl (C=O) groups excluding carboxylic acids is 1. The number of hydrogen-bond acceptors (Lipinski definition) is 5. The minimum atomic E-state index is -0.0229. The first-order valence-corrected chi connectivity index (χ1v) is 9.93. The van der Waals surface area contributed by atoms with Gasteiger partial charge in [-0.2, -0.15) is 0 Å². The largest absolute Gasteiger partial charge is 0.352 e. The van der Waals surface area contributed by atoms with Gasteiger partial charge in [0, 0.05) is 6.54 Å². The SMILES string of the molecule is C=CCNC(=O)CSc1nnc(CN2CCCC2)n1Cc1ccccc1. The van der Waals surface area contributed by atoms with Gasteiger partial charge < -0.3 is 9.88 Å². The van der Waals surface area contributed by atoms with Gasteiger partial charge in [0.05, 0.1) is 18.8 Å². The van der Waals surface area contributed by atoms with Crippen molar-refractivity contribution >= 4 is 17.7 Å². The molecule has 7 heteroatoms. The lowest BCUT2D eigenvalue weighted by Crippen LogP contribution is -2.25. The normalized spacial score (nSPS) is 14.5. The van der Waals surface area contributed by atoms with Crippen LogP contribution in [-0.4, -0.2) is 51.0 Å². The van der Waals surface area contributed by atoms with E-state index in [0.29, 0.717) is 18.8 Å². The lowest BCUT2D eigenvalue weighted by atomic mass is 10.2. The monoisotopic (exact) mass is 371 g/mol. The first-order chi connectivity index (χ1) is 12.8. The van der Waals surface area contributed by atoms with Crippen LogP contribution in [0.5, 0.6) is 0 Å². The minimum Gasteiger partial charge on any atom is -0.352 e. The van der Waals surface area contributed by atoms with E-state index in [1.54, 1.807) is 6.08 Å². The summed E-state index contributed by atoms with van der Waals surface area (Å²) in [5.74, 6) is 1.26. The maximum Gasteiger partial charge on any atom is 0.230 e. The molecule has 1 saturated heterocycles. The number of carbonyl (C=O) groups is 1. The van der Waals surface area contributed by atoms with E-state index >= 15 is 0 Å². The zero-order valence-corrected chi connectivity index (χ0v) is 15.7. The quantitative estimate of drug-likeness (QED) is 0.541. The van der Waals surface area contributed by atoms with E-state index in [1.807, 2.05) is 18.2 Å². The molecule has 6 nitrogen and oxygen atoms in total. The van der Waals surface area contributed by atoms with Gasteiger partial charge in [0.25, 0.3) is 0 Å². The molecule has 0 saturated carbocycles. The molecule has 138 valence electrons. The average molecular weight is 372 g/mol. The van der Waals surface area contributed by atoms with Crippen molar-refractivity contribution in [3.05, 3.63) is 54.4 Å². The first kappa shape index (κ1) is 18.7. The Hall–Kier alpha value is -2.12. The highest BCUT2D eigenvalue weighted by molar-refractivity contribution is 7.99.